The third-order valence-corrected chi connectivity index (χ3v) is 4.35. The van der Waals surface area contributed by atoms with E-state index in [1.807, 2.05) is 35.6 Å². The van der Waals surface area contributed by atoms with Crippen molar-refractivity contribution in [1.82, 2.24) is 9.47 Å². The standard InChI is InChI=1S/C14H22BrN3O.ClH/c1-3-17-9-12(15)7-13(17)14(19)18-6-4-5-11(8-18)10(2)16;/h7,9-11H,3-6,8,16H2,1-2H3;1H. The summed E-state index contributed by atoms with van der Waals surface area (Å²) in [5.74, 6) is 0.545. The summed E-state index contributed by atoms with van der Waals surface area (Å²) in [4.78, 5) is 14.6. The van der Waals surface area contributed by atoms with E-state index in [-0.39, 0.29) is 24.4 Å². The third-order valence-electron chi connectivity index (χ3n) is 3.91. The Hall–Kier alpha value is -0.520. The number of carbonyl (C=O) groups excluding carboxylic acids is 1. The highest BCUT2D eigenvalue weighted by molar-refractivity contribution is 9.10. The summed E-state index contributed by atoms with van der Waals surface area (Å²) in [6.07, 6.45) is 4.13. The second kappa shape index (κ2) is 7.48. The molecule has 0 saturated carbocycles. The van der Waals surface area contributed by atoms with E-state index in [0.717, 1.165) is 42.6 Å². The van der Waals surface area contributed by atoms with E-state index in [4.69, 9.17) is 5.73 Å². The Morgan fingerprint density at radius 1 is 1.60 bits per heavy atom. The summed E-state index contributed by atoms with van der Waals surface area (Å²) >= 11 is 3.44. The van der Waals surface area contributed by atoms with Gasteiger partial charge in [-0.2, -0.15) is 0 Å². The maximum Gasteiger partial charge on any atom is 0.270 e. The molecular formula is C14H23BrClN3O. The van der Waals surface area contributed by atoms with E-state index in [1.54, 1.807) is 0 Å². The number of hydrogen-bond donors (Lipinski definition) is 1. The lowest BCUT2D eigenvalue weighted by atomic mass is 9.92. The molecule has 1 aromatic heterocycles. The van der Waals surface area contributed by atoms with Crippen molar-refractivity contribution in [3.8, 4) is 0 Å². The molecule has 114 valence electrons. The van der Waals surface area contributed by atoms with Crippen LogP contribution in [0.15, 0.2) is 16.7 Å². The molecule has 0 spiro atoms. The van der Waals surface area contributed by atoms with Crippen molar-refractivity contribution in [3.05, 3.63) is 22.4 Å². The molecule has 0 aliphatic carbocycles. The first-order chi connectivity index (χ1) is 9.02. The molecule has 6 heteroatoms. The van der Waals surface area contributed by atoms with E-state index in [9.17, 15) is 4.79 Å². The lowest BCUT2D eigenvalue weighted by molar-refractivity contribution is 0.0650. The summed E-state index contributed by atoms with van der Waals surface area (Å²) in [5.41, 5.74) is 6.74. The molecule has 2 unspecified atom stereocenters. The van der Waals surface area contributed by atoms with Gasteiger partial charge in [-0.3, -0.25) is 4.79 Å². The number of aromatic nitrogens is 1. The fraction of sp³-hybridized carbons (Fsp3) is 0.643. The molecular weight excluding hydrogens is 342 g/mol. The fourth-order valence-corrected chi connectivity index (χ4v) is 3.17. The highest BCUT2D eigenvalue weighted by atomic mass is 79.9. The molecule has 1 aliphatic rings. The number of aryl methyl sites for hydroxylation is 1. The third kappa shape index (κ3) is 3.77. The van der Waals surface area contributed by atoms with Gasteiger partial charge in [0.05, 0.1) is 0 Å². The van der Waals surface area contributed by atoms with E-state index < -0.39 is 0 Å². The summed E-state index contributed by atoms with van der Waals surface area (Å²) in [6.45, 7) is 6.50. The zero-order valence-electron chi connectivity index (χ0n) is 12.0. The van der Waals surface area contributed by atoms with Gasteiger partial charge < -0.3 is 15.2 Å². The Morgan fingerprint density at radius 2 is 2.30 bits per heavy atom. The average molecular weight is 365 g/mol. The Bertz CT molecular complexity index is 461. The fourth-order valence-electron chi connectivity index (χ4n) is 2.70. The van der Waals surface area contributed by atoms with Crippen LogP contribution in [0.1, 0.15) is 37.2 Å². The summed E-state index contributed by atoms with van der Waals surface area (Å²) < 4.78 is 2.94. The number of rotatable bonds is 3. The Labute approximate surface area is 135 Å². The number of piperidine rings is 1. The van der Waals surface area contributed by atoms with E-state index in [2.05, 4.69) is 15.9 Å². The Kier molecular flexibility index (Phi) is 6.55. The van der Waals surface area contributed by atoms with Crippen LogP contribution in [0.2, 0.25) is 0 Å². The molecule has 4 nitrogen and oxygen atoms in total. The predicted molar refractivity (Wildman–Crippen MR) is 87.3 cm³/mol. The minimum atomic E-state index is 0. The molecule has 2 rings (SSSR count). The highest BCUT2D eigenvalue weighted by Crippen LogP contribution is 2.22. The normalized spacial score (nSPS) is 20.4. The average Bonchev–Trinajstić information content (AvgIpc) is 2.79. The van der Waals surface area contributed by atoms with Crippen molar-refractivity contribution in [2.45, 2.75) is 39.3 Å². The molecule has 2 atom stereocenters. The van der Waals surface area contributed by atoms with Crippen LogP contribution in [0.4, 0.5) is 0 Å². The number of hydrogen-bond acceptors (Lipinski definition) is 2. The minimum absolute atomic E-state index is 0. The zero-order valence-corrected chi connectivity index (χ0v) is 14.4. The van der Waals surface area contributed by atoms with Crippen LogP contribution < -0.4 is 5.73 Å². The second-order valence-corrected chi connectivity index (χ2v) is 6.26. The Morgan fingerprint density at radius 3 is 2.90 bits per heavy atom. The first kappa shape index (κ1) is 17.5. The van der Waals surface area contributed by atoms with Gasteiger partial charge in [-0.25, -0.2) is 0 Å². The molecule has 1 fully saturated rings. The molecule has 20 heavy (non-hydrogen) atoms. The molecule has 1 aromatic rings. The van der Waals surface area contributed by atoms with Gasteiger partial charge in [-0.05, 0) is 54.6 Å². The van der Waals surface area contributed by atoms with Crippen molar-refractivity contribution in [3.63, 3.8) is 0 Å². The summed E-state index contributed by atoms with van der Waals surface area (Å²) in [6, 6.07) is 2.06. The van der Waals surface area contributed by atoms with Gasteiger partial charge in [0, 0.05) is 36.3 Å². The number of nitrogens with zero attached hydrogens (tertiary/aromatic N) is 2. The van der Waals surface area contributed by atoms with Gasteiger partial charge in [-0.15, -0.1) is 12.4 Å². The van der Waals surface area contributed by atoms with Crippen molar-refractivity contribution in [1.29, 1.82) is 0 Å². The number of likely N-dealkylation sites (tertiary alicyclic amines) is 1. The first-order valence-corrected chi connectivity index (χ1v) is 7.72. The molecule has 2 heterocycles. The predicted octanol–water partition coefficient (Wildman–Crippen LogP) is 2.89. The highest BCUT2D eigenvalue weighted by Gasteiger charge is 2.27. The van der Waals surface area contributed by atoms with Gasteiger partial charge in [-0.1, -0.05) is 0 Å². The molecule has 1 amide bonds. The van der Waals surface area contributed by atoms with Crippen LogP contribution in [-0.4, -0.2) is 34.5 Å². The van der Waals surface area contributed by atoms with Crippen LogP contribution in [0, 0.1) is 5.92 Å². The van der Waals surface area contributed by atoms with Crippen molar-refractivity contribution in [2.75, 3.05) is 13.1 Å². The number of nitrogens with two attached hydrogens (primary N) is 1. The topological polar surface area (TPSA) is 51.3 Å². The number of carbonyl (C=O) groups is 1. The van der Waals surface area contributed by atoms with Crippen LogP contribution in [-0.2, 0) is 6.54 Å². The lowest BCUT2D eigenvalue weighted by Crippen LogP contribution is -2.45. The zero-order chi connectivity index (χ0) is 14.0. The van der Waals surface area contributed by atoms with Gasteiger partial charge in [0.2, 0.25) is 0 Å². The quantitative estimate of drug-likeness (QED) is 0.896. The smallest absolute Gasteiger partial charge is 0.270 e. The van der Waals surface area contributed by atoms with Gasteiger partial charge in [0.15, 0.2) is 0 Å². The van der Waals surface area contributed by atoms with E-state index in [0.29, 0.717) is 5.92 Å². The summed E-state index contributed by atoms with van der Waals surface area (Å²) in [7, 11) is 0. The summed E-state index contributed by atoms with van der Waals surface area (Å²) in [5, 5.41) is 0. The maximum absolute atomic E-state index is 12.6. The minimum Gasteiger partial charge on any atom is -0.343 e. The Balaban J connectivity index is 0.00000200. The van der Waals surface area contributed by atoms with Gasteiger partial charge in [0.1, 0.15) is 5.69 Å². The SMILES string of the molecule is CCn1cc(Br)cc1C(=O)N1CCCC(C(C)N)C1.Cl. The molecule has 1 aliphatic heterocycles. The largest absolute Gasteiger partial charge is 0.343 e. The van der Waals surface area contributed by atoms with Crippen molar-refractivity contribution >= 4 is 34.2 Å². The molecule has 0 aromatic carbocycles. The first-order valence-electron chi connectivity index (χ1n) is 6.93. The molecule has 1 saturated heterocycles. The number of halogens is 2. The van der Waals surface area contributed by atoms with Crippen LogP contribution in [0.5, 0.6) is 0 Å². The second-order valence-electron chi connectivity index (χ2n) is 5.34. The number of amides is 1. The molecule has 2 N–H and O–H groups in total. The lowest BCUT2D eigenvalue weighted by Gasteiger charge is -2.34. The maximum atomic E-state index is 12.6. The van der Waals surface area contributed by atoms with E-state index >= 15 is 0 Å². The molecule has 0 radical (unpaired) electrons. The molecule has 0 bridgehead atoms. The van der Waals surface area contributed by atoms with E-state index in [1.165, 1.54) is 0 Å². The monoisotopic (exact) mass is 363 g/mol. The van der Waals surface area contributed by atoms with Crippen LogP contribution in [0.25, 0.3) is 0 Å². The van der Waals surface area contributed by atoms with Gasteiger partial charge >= 0.3 is 0 Å². The van der Waals surface area contributed by atoms with Crippen LogP contribution >= 0.6 is 28.3 Å². The van der Waals surface area contributed by atoms with Crippen molar-refractivity contribution < 1.29 is 4.79 Å². The van der Waals surface area contributed by atoms with Gasteiger partial charge in [0.25, 0.3) is 5.91 Å². The van der Waals surface area contributed by atoms with Crippen molar-refractivity contribution in [2.24, 2.45) is 11.7 Å². The van der Waals surface area contributed by atoms with Crippen LogP contribution in [0.3, 0.4) is 0 Å².